The van der Waals surface area contributed by atoms with Crippen molar-refractivity contribution >= 4 is 23.1 Å². The lowest BCUT2D eigenvalue weighted by Gasteiger charge is -2.13. The van der Waals surface area contributed by atoms with E-state index < -0.39 is 0 Å². The van der Waals surface area contributed by atoms with E-state index in [2.05, 4.69) is 6.07 Å². The van der Waals surface area contributed by atoms with Crippen LogP contribution in [0.2, 0.25) is 0 Å². The van der Waals surface area contributed by atoms with Crippen molar-refractivity contribution in [2.45, 2.75) is 13.8 Å². The Bertz CT molecular complexity index is 1230. The fourth-order valence-corrected chi connectivity index (χ4v) is 3.34. The Morgan fingerprint density at radius 3 is 2.29 bits per heavy atom. The molecule has 0 radical (unpaired) electrons. The first-order chi connectivity index (χ1) is 13.5. The second-order valence-electron chi connectivity index (χ2n) is 6.86. The SMILES string of the molecule is Cc1cc(C)cc(-n2c(/C=C\c3ccc(F)cc3)nc3ccccc3c2=O)c1. The van der Waals surface area contributed by atoms with Gasteiger partial charge < -0.3 is 0 Å². The summed E-state index contributed by atoms with van der Waals surface area (Å²) in [5, 5.41) is 0.570. The first kappa shape index (κ1) is 17.9. The van der Waals surface area contributed by atoms with Crippen molar-refractivity contribution in [3.05, 3.63) is 105 Å². The van der Waals surface area contributed by atoms with Crippen molar-refractivity contribution < 1.29 is 4.39 Å². The van der Waals surface area contributed by atoms with Gasteiger partial charge in [-0.3, -0.25) is 9.36 Å². The van der Waals surface area contributed by atoms with Crippen molar-refractivity contribution in [1.82, 2.24) is 9.55 Å². The standard InChI is InChI=1S/C24H19FN2O/c1-16-13-17(2)15-20(14-16)27-23(12-9-18-7-10-19(25)11-8-18)26-22-6-4-3-5-21(22)24(27)28/h3-15H,1-2H3/b12-9-. The highest BCUT2D eigenvalue weighted by Gasteiger charge is 2.11. The zero-order chi connectivity index (χ0) is 19.7. The van der Waals surface area contributed by atoms with Gasteiger partial charge in [-0.1, -0.05) is 36.4 Å². The Balaban J connectivity index is 1.95. The molecule has 0 N–H and O–H groups in total. The van der Waals surface area contributed by atoms with Gasteiger partial charge in [0.05, 0.1) is 16.6 Å². The maximum absolute atomic E-state index is 13.3. The van der Waals surface area contributed by atoms with E-state index in [0.717, 1.165) is 22.4 Å². The average molecular weight is 370 g/mol. The molecule has 0 aliphatic heterocycles. The first-order valence-electron chi connectivity index (χ1n) is 9.05. The van der Waals surface area contributed by atoms with Crippen LogP contribution in [0, 0.1) is 19.7 Å². The van der Waals surface area contributed by atoms with E-state index in [4.69, 9.17) is 4.98 Å². The van der Waals surface area contributed by atoms with Crippen LogP contribution in [0.4, 0.5) is 4.39 Å². The number of aromatic nitrogens is 2. The molecule has 4 aromatic rings. The van der Waals surface area contributed by atoms with Crippen molar-refractivity contribution in [2.24, 2.45) is 0 Å². The Morgan fingerprint density at radius 1 is 0.893 bits per heavy atom. The Morgan fingerprint density at radius 2 is 1.57 bits per heavy atom. The first-order valence-corrected chi connectivity index (χ1v) is 9.05. The number of halogens is 1. The summed E-state index contributed by atoms with van der Waals surface area (Å²) >= 11 is 0. The van der Waals surface area contributed by atoms with Crippen LogP contribution in [-0.4, -0.2) is 9.55 Å². The van der Waals surface area contributed by atoms with Gasteiger partial charge in [-0.15, -0.1) is 0 Å². The monoisotopic (exact) mass is 370 g/mol. The second-order valence-corrected chi connectivity index (χ2v) is 6.86. The van der Waals surface area contributed by atoms with Gasteiger partial charge in [0.1, 0.15) is 11.6 Å². The molecule has 138 valence electrons. The number of fused-ring (bicyclic) bond motifs is 1. The summed E-state index contributed by atoms with van der Waals surface area (Å²) in [6.45, 7) is 4.01. The maximum Gasteiger partial charge on any atom is 0.266 e. The van der Waals surface area contributed by atoms with E-state index in [9.17, 15) is 9.18 Å². The summed E-state index contributed by atoms with van der Waals surface area (Å²) in [5.74, 6) is 0.242. The fraction of sp³-hybridized carbons (Fsp3) is 0.0833. The van der Waals surface area contributed by atoms with Gasteiger partial charge in [0.15, 0.2) is 0 Å². The van der Waals surface area contributed by atoms with Crippen LogP contribution in [0.3, 0.4) is 0 Å². The molecule has 0 fully saturated rings. The van der Waals surface area contributed by atoms with E-state index in [1.165, 1.54) is 12.1 Å². The van der Waals surface area contributed by atoms with Crippen LogP contribution in [0.1, 0.15) is 22.5 Å². The van der Waals surface area contributed by atoms with Crippen LogP contribution >= 0.6 is 0 Å². The largest absolute Gasteiger partial charge is 0.268 e. The highest BCUT2D eigenvalue weighted by atomic mass is 19.1. The van der Waals surface area contributed by atoms with Crippen molar-refractivity contribution in [2.75, 3.05) is 0 Å². The minimum Gasteiger partial charge on any atom is -0.268 e. The predicted molar refractivity (Wildman–Crippen MR) is 112 cm³/mol. The third-order valence-corrected chi connectivity index (χ3v) is 4.56. The van der Waals surface area contributed by atoms with E-state index in [1.54, 1.807) is 28.8 Å². The van der Waals surface area contributed by atoms with Crippen molar-refractivity contribution in [3.8, 4) is 5.69 Å². The van der Waals surface area contributed by atoms with Crippen molar-refractivity contribution in [1.29, 1.82) is 0 Å². The molecular weight excluding hydrogens is 351 g/mol. The van der Waals surface area contributed by atoms with Gasteiger partial charge in [0.2, 0.25) is 0 Å². The van der Waals surface area contributed by atoms with Gasteiger partial charge in [-0.25, -0.2) is 9.37 Å². The lowest BCUT2D eigenvalue weighted by molar-refractivity contribution is 0.628. The van der Waals surface area contributed by atoms with E-state index in [0.29, 0.717) is 16.7 Å². The van der Waals surface area contributed by atoms with Gasteiger partial charge in [0.25, 0.3) is 5.56 Å². The summed E-state index contributed by atoms with van der Waals surface area (Å²) in [6.07, 6.45) is 3.62. The quantitative estimate of drug-likeness (QED) is 0.490. The molecule has 3 aromatic carbocycles. The highest BCUT2D eigenvalue weighted by molar-refractivity contribution is 5.80. The van der Waals surface area contributed by atoms with Crippen LogP contribution in [0.5, 0.6) is 0 Å². The number of nitrogens with zero attached hydrogens (tertiary/aromatic N) is 2. The summed E-state index contributed by atoms with van der Waals surface area (Å²) in [4.78, 5) is 18.0. The molecule has 0 aliphatic rings. The van der Waals surface area contributed by atoms with Crippen LogP contribution in [0.15, 0.2) is 71.5 Å². The van der Waals surface area contributed by atoms with E-state index in [1.807, 2.05) is 50.3 Å². The van der Waals surface area contributed by atoms with Crippen molar-refractivity contribution in [3.63, 3.8) is 0 Å². The summed E-state index contributed by atoms with van der Waals surface area (Å²) in [7, 11) is 0. The number of aryl methyl sites for hydroxylation is 2. The molecule has 0 saturated heterocycles. The molecule has 0 saturated carbocycles. The molecule has 3 nitrogen and oxygen atoms in total. The Labute approximate surface area is 162 Å². The molecule has 4 rings (SSSR count). The third kappa shape index (κ3) is 3.49. The zero-order valence-electron chi connectivity index (χ0n) is 15.7. The Hall–Kier alpha value is -3.53. The van der Waals surface area contributed by atoms with E-state index >= 15 is 0 Å². The molecule has 0 spiro atoms. The topological polar surface area (TPSA) is 34.9 Å². The third-order valence-electron chi connectivity index (χ3n) is 4.56. The summed E-state index contributed by atoms with van der Waals surface area (Å²) in [6, 6.07) is 19.5. The lowest BCUT2D eigenvalue weighted by atomic mass is 10.1. The van der Waals surface area contributed by atoms with E-state index in [-0.39, 0.29) is 11.4 Å². The highest BCUT2D eigenvalue weighted by Crippen LogP contribution is 2.18. The van der Waals surface area contributed by atoms with Gasteiger partial charge in [0, 0.05) is 0 Å². The smallest absolute Gasteiger partial charge is 0.266 e. The number of hydrogen-bond acceptors (Lipinski definition) is 2. The van der Waals surface area contributed by atoms with Crippen LogP contribution in [0.25, 0.3) is 28.7 Å². The average Bonchev–Trinajstić information content (AvgIpc) is 2.67. The fourth-order valence-electron chi connectivity index (χ4n) is 3.34. The molecule has 1 heterocycles. The maximum atomic E-state index is 13.3. The molecule has 4 heteroatoms. The molecule has 0 amide bonds. The molecule has 1 aromatic heterocycles. The number of para-hydroxylation sites is 1. The number of benzene rings is 3. The minimum atomic E-state index is -0.284. The van der Waals surface area contributed by atoms with Gasteiger partial charge >= 0.3 is 0 Å². The molecule has 0 unspecified atom stereocenters. The molecule has 0 atom stereocenters. The lowest BCUT2D eigenvalue weighted by Crippen LogP contribution is -2.22. The Kier molecular flexibility index (Phi) is 4.62. The minimum absolute atomic E-state index is 0.116. The number of rotatable bonds is 3. The molecule has 0 bridgehead atoms. The molecule has 28 heavy (non-hydrogen) atoms. The van der Waals surface area contributed by atoms with Crippen LogP contribution < -0.4 is 5.56 Å². The molecular formula is C24H19FN2O. The zero-order valence-corrected chi connectivity index (χ0v) is 15.7. The number of hydrogen-bond donors (Lipinski definition) is 0. The van der Waals surface area contributed by atoms with Gasteiger partial charge in [-0.2, -0.15) is 0 Å². The summed E-state index contributed by atoms with van der Waals surface area (Å²) < 4.78 is 14.8. The normalized spacial score (nSPS) is 11.4. The predicted octanol–water partition coefficient (Wildman–Crippen LogP) is 5.31. The molecule has 0 aliphatic carbocycles. The summed E-state index contributed by atoms with van der Waals surface area (Å²) in [5.41, 5.74) is 4.28. The van der Waals surface area contributed by atoms with Gasteiger partial charge in [-0.05, 0) is 73.0 Å². The van der Waals surface area contributed by atoms with Crippen LogP contribution in [-0.2, 0) is 0 Å². The second kappa shape index (κ2) is 7.24.